The average molecular weight is 356 g/mol. The first-order chi connectivity index (χ1) is 12.7. The fourth-order valence-corrected chi connectivity index (χ4v) is 3.33. The van der Waals surface area contributed by atoms with Crippen molar-refractivity contribution in [1.29, 1.82) is 0 Å². The quantitative estimate of drug-likeness (QED) is 0.393. The summed E-state index contributed by atoms with van der Waals surface area (Å²) in [6.45, 7) is 4.41. The van der Waals surface area contributed by atoms with Gasteiger partial charge in [-0.05, 0) is 74.6 Å². The molecule has 0 N–H and O–H groups in total. The van der Waals surface area contributed by atoms with E-state index in [1.165, 1.54) is 22.8 Å². The van der Waals surface area contributed by atoms with Crippen LogP contribution in [-0.2, 0) is 31.9 Å². The molecular weight excluding hydrogens is 328 g/mol. The van der Waals surface area contributed by atoms with Crippen molar-refractivity contribution in [3.63, 3.8) is 0 Å². The van der Waals surface area contributed by atoms with Crippen molar-refractivity contribution >= 4 is 17.5 Å². The lowest BCUT2D eigenvalue weighted by atomic mass is 9.83. The van der Waals surface area contributed by atoms with Crippen molar-refractivity contribution in [1.82, 2.24) is 0 Å². The van der Waals surface area contributed by atoms with Gasteiger partial charge in [0.2, 0.25) is 0 Å². The monoisotopic (exact) mass is 356 g/mol. The summed E-state index contributed by atoms with van der Waals surface area (Å²) in [4.78, 5) is 23.2. The van der Waals surface area contributed by atoms with Crippen LogP contribution in [0.1, 0.15) is 56.2 Å². The van der Waals surface area contributed by atoms with Gasteiger partial charge in [-0.15, -0.1) is 0 Å². The summed E-state index contributed by atoms with van der Waals surface area (Å²) < 4.78 is 9.96. The van der Waals surface area contributed by atoms with E-state index < -0.39 is 0 Å². The zero-order valence-corrected chi connectivity index (χ0v) is 15.8. The van der Waals surface area contributed by atoms with Gasteiger partial charge in [0, 0.05) is 12.2 Å². The Bertz CT molecular complexity index is 685. The molecule has 4 heteroatoms. The highest BCUT2D eigenvalue weighted by Crippen LogP contribution is 2.34. The summed E-state index contributed by atoms with van der Waals surface area (Å²) in [6.07, 6.45) is 10.7. The van der Waals surface area contributed by atoms with Gasteiger partial charge in [-0.3, -0.25) is 0 Å². The minimum Gasteiger partial charge on any atom is -0.463 e. The van der Waals surface area contributed by atoms with Crippen molar-refractivity contribution < 1.29 is 19.1 Å². The van der Waals surface area contributed by atoms with Gasteiger partial charge in [0.25, 0.3) is 0 Å². The normalized spacial score (nSPS) is 15.1. The molecule has 140 valence electrons. The third-order valence-electron chi connectivity index (χ3n) is 4.39. The number of esters is 2. The highest BCUT2D eigenvalue weighted by molar-refractivity contribution is 5.92. The molecule has 1 aliphatic carbocycles. The predicted molar refractivity (Wildman–Crippen MR) is 103 cm³/mol. The summed E-state index contributed by atoms with van der Waals surface area (Å²) in [5, 5.41) is 0. The van der Waals surface area contributed by atoms with E-state index in [4.69, 9.17) is 9.47 Å². The van der Waals surface area contributed by atoms with Crippen LogP contribution in [-0.4, -0.2) is 25.2 Å². The molecule has 0 spiro atoms. The van der Waals surface area contributed by atoms with Crippen LogP contribution >= 0.6 is 0 Å². The number of carbonyl (C=O) groups excluding carboxylic acids is 2. The SMILES string of the molecule is CCOC(=O)/C=C\CCCc1cccc2c1/C(=C/C(=O)OCC)CCC2. The van der Waals surface area contributed by atoms with E-state index in [0.29, 0.717) is 13.2 Å². The molecule has 0 bridgehead atoms. The highest BCUT2D eigenvalue weighted by atomic mass is 16.5. The lowest BCUT2D eigenvalue weighted by Gasteiger charge is -2.22. The maximum Gasteiger partial charge on any atom is 0.331 e. The number of hydrogen-bond acceptors (Lipinski definition) is 4. The second-order valence-corrected chi connectivity index (χ2v) is 6.27. The minimum absolute atomic E-state index is 0.262. The standard InChI is InChI=1S/C22H28O4/c1-3-25-20(23)15-7-5-6-10-17-11-8-12-18-13-9-14-19(22(17)18)16-21(24)26-4-2/h7-8,11-12,15-16H,3-6,9-10,13-14H2,1-2H3/b15-7-,19-16+. The van der Waals surface area contributed by atoms with E-state index in [9.17, 15) is 9.59 Å². The smallest absolute Gasteiger partial charge is 0.331 e. The zero-order valence-electron chi connectivity index (χ0n) is 15.8. The number of unbranched alkanes of at least 4 members (excludes halogenated alkanes) is 1. The van der Waals surface area contributed by atoms with Gasteiger partial charge in [0.1, 0.15) is 0 Å². The van der Waals surface area contributed by atoms with Crippen molar-refractivity contribution in [2.24, 2.45) is 0 Å². The van der Waals surface area contributed by atoms with Crippen molar-refractivity contribution in [2.45, 2.75) is 52.4 Å². The van der Waals surface area contributed by atoms with Crippen molar-refractivity contribution in [2.75, 3.05) is 13.2 Å². The summed E-state index contributed by atoms with van der Waals surface area (Å²) in [7, 11) is 0. The molecule has 0 atom stereocenters. The molecule has 26 heavy (non-hydrogen) atoms. The summed E-state index contributed by atoms with van der Waals surface area (Å²) in [5.41, 5.74) is 4.89. The Kier molecular flexibility index (Phi) is 8.13. The molecule has 1 aromatic carbocycles. The van der Waals surface area contributed by atoms with Crippen LogP contribution in [0.5, 0.6) is 0 Å². The first kappa shape index (κ1) is 20.0. The molecule has 0 aliphatic heterocycles. The Hall–Kier alpha value is -2.36. The van der Waals surface area contributed by atoms with Gasteiger partial charge in [-0.25, -0.2) is 9.59 Å². The van der Waals surface area contributed by atoms with Crippen LogP contribution in [0.15, 0.2) is 36.4 Å². The molecule has 1 aliphatic rings. The molecule has 0 radical (unpaired) electrons. The Morgan fingerprint density at radius 1 is 1.08 bits per heavy atom. The number of carbonyl (C=O) groups is 2. The van der Waals surface area contributed by atoms with Gasteiger partial charge < -0.3 is 9.47 Å². The largest absolute Gasteiger partial charge is 0.463 e. The number of ether oxygens (including phenoxy) is 2. The molecule has 4 nitrogen and oxygen atoms in total. The number of benzene rings is 1. The van der Waals surface area contributed by atoms with Crippen LogP contribution in [0.3, 0.4) is 0 Å². The molecule has 0 unspecified atom stereocenters. The van der Waals surface area contributed by atoms with Crippen molar-refractivity contribution in [3.8, 4) is 0 Å². The molecule has 0 fully saturated rings. The van der Waals surface area contributed by atoms with Gasteiger partial charge in [-0.1, -0.05) is 24.3 Å². The Labute approximate surface area is 155 Å². The van der Waals surface area contributed by atoms with Crippen molar-refractivity contribution in [3.05, 3.63) is 53.1 Å². The second kappa shape index (κ2) is 10.6. The van der Waals surface area contributed by atoms with E-state index >= 15 is 0 Å². The first-order valence-corrected chi connectivity index (χ1v) is 9.47. The molecule has 0 amide bonds. The van der Waals surface area contributed by atoms with Gasteiger partial charge in [-0.2, -0.15) is 0 Å². The van der Waals surface area contributed by atoms with Gasteiger partial charge >= 0.3 is 11.9 Å². The molecular formula is C22H28O4. The predicted octanol–water partition coefficient (Wildman–Crippen LogP) is 4.41. The topological polar surface area (TPSA) is 52.6 Å². The van der Waals surface area contributed by atoms with Crippen LogP contribution in [0.25, 0.3) is 5.57 Å². The fraction of sp³-hybridized carbons (Fsp3) is 0.455. The average Bonchev–Trinajstić information content (AvgIpc) is 2.62. The first-order valence-electron chi connectivity index (χ1n) is 9.47. The second-order valence-electron chi connectivity index (χ2n) is 6.27. The van der Waals surface area contributed by atoms with E-state index in [2.05, 4.69) is 18.2 Å². The highest BCUT2D eigenvalue weighted by Gasteiger charge is 2.18. The molecule has 0 saturated carbocycles. The molecule has 0 saturated heterocycles. The number of allylic oxidation sites excluding steroid dienone is 2. The van der Waals surface area contributed by atoms with Crippen LogP contribution in [0.4, 0.5) is 0 Å². The summed E-state index contributed by atoms with van der Waals surface area (Å²) >= 11 is 0. The lowest BCUT2D eigenvalue weighted by molar-refractivity contribution is -0.138. The maximum absolute atomic E-state index is 11.9. The maximum atomic E-state index is 11.9. The summed E-state index contributed by atoms with van der Waals surface area (Å²) in [6, 6.07) is 6.38. The third-order valence-corrected chi connectivity index (χ3v) is 4.39. The fourth-order valence-electron chi connectivity index (χ4n) is 3.33. The summed E-state index contributed by atoms with van der Waals surface area (Å²) in [5.74, 6) is -0.549. The molecule has 0 heterocycles. The van der Waals surface area contributed by atoms with E-state index in [-0.39, 0.29) is 11.9 Å². The van der Waals surface area contributed by atoms with E-state index in [0.717, 1.165) is 44.1 Å². The molecule has 2 rings (SSSR count). The number of hydrogen-bond donors (Lipinski definition) is 0. The minimum atomic E-state index is -0.288. The van der Waals surface area contributed by atoms with Gasteiger partial charge in [0.05, 0.1) is 13.2 Å². The number of fused-ring (bicyclic) bond motifs is 1. The third kappa shape index (κ3) is 5.87. The van der Waals surface area contributed by atoms with Crippen LogP contribution in [0.2, 0.25) is 0 Å². The Morgan fingerprint density at radius 3 is 2.62 bits per heavy atom. The zero-order chi connectivity index (χ0) is 18.8. The molecule has 1 aromatic rings. The Morgan fingerprint density at radius 2 is 1.85 bits per heavy atom. The van der Waals surface area contributed by atoms with E-state index in [1.807, 2.05) is 13.0 Å². The Balaban J connectivity index is 2.06. The lowest BCUT2D eigenvalue weighted by Crippen LogP contribution is -2.09. The van der Waals surface area contributed by atoms with Gasteiger partial charge in [0.15, 0.2) is 0 Å². The number of rotatable bonds is 8. The molecule has 0 aromatic heterocycles. The number of aryl methyl sites for hydroxylation is 2. The van der Waals surface area contributed by atoms with E-state index in [1.54, 1.807) is 13.0 Å². The van der Waals surface area contributed by atoms with Crippen LogP contribution in [0, 0.1) is 0 Å². The van der Waals surface area contributed by atoms with Crippen LogP contribution < -0.4 is 0 Å².